The Kier molecular flexibility index (Phi) is 6.68. The topological polar surface area (TPSA) is 80.2 Å². The number of hydrogen-bond donors (Lipinski definition) is 2. The summed E-state index contributed by atoms with van der Waals surface area (Å²) >= 11 is 7.80. The molecular weight excluding hydrogens is 447 g/mol. The number of rotatable bonds is 6. The Bertz CT molecular complexity index is 768. The van der Waals surface area contributed by atoms with E-state index in [0.717, 1.165) is 0 Å². The van der Waals surface area contributed by atoms with Crippen molar-refractivity contribution >= 4 is 46.3 Å². The fourth-order valence-electron chi connectivity index (χ4n) is 1.74. The van der Waals surface area contributed by atoms with Crippen LogP contribution in [-0.2, 0) is 4.79 Å². The summed E-state index contributed by atoms with van der Waals surface area (Å²) in [5.41, 5.74) is 3.03. The van der Waals surface area contributed by atoms with Crippen LogP contribution < -0.4 is 14.9 Å². The van der Waals surface area contributed by atoms with Gasteiger partial charge in [0.25, 0.3) is 5.91 Å². The molecule has 8 heteroatoms. The molecule has 24 heavy (non-hydrogen) atoms. The number of hydrogen-bond acceptors (Lipinski definition) is 5. The molecule has 2 aromatic rings. The Balaban J connectivity index is 1.89. The molecular formula is C16H14ClIN2O4. The molecule has 0 saturated carbocycles. The molecule has 0 fully saturated rings. The predicted octanol–water partition coefficient (Wildman–Crippen LogP) is 3.19. The number of ether oxygens (including phenoxy) is 2. The second-order valence-electron chi connectivity index (χ2n) is 4.59. The number of benzene rings is 2. The quantitative estimate of drug-likeness (QED) is 0.394. The smallest absolute Gasteiger partial charge is 0.277 e. The first-order valence-corrected chi connectivity index (χ1v) is 8.22. The highest BCUT2D eigenvalue weighted by molar-refractivity contribution is 14.1. The maximum atomic E-state index is 11.7. The van der Waals surface area contributed by atoms with Crippen LogP contribution in [0.1, 0.15) is 5.56 Å². The van der Waals surface area contributed by atoms with Crippen LogP contribution in [0.25, 0.3) is 0 Å². The van der Waals surface area contributed by atoms with E-state index < -0.39 is 5.91 Å². The molecule has 0 aromatic heterocycles. The van der Waals surface area contributed by atoms with Gasteiger partial charge in [0.15, 0.2) is 18.1 Å². The summed E-state index contributed by atoms with van der Waals surface area (Å²) in [6.45, 7) is -0.186. The van der Waals surface area contributed by atoms with Gasteiger partial charge in [-0.3, -0.25) is 4.79 Å². The summed E-state index contributed by atoms with van der Waals surface area (Å²) in [5.74, 6) is 0.485. The van der Waals surface area contributed by atoms with Gasteiger partial charge in [0.05, 0.1) is 16.9 Å². The van der Waals surface area contributed by atoms with Gasteiger partial charge in [0.2, 0.25) is 0 Å². The molecule has 0 unspecified atom stereocenters. The van der Waals surface area contributed by atoms with Gasteiger partial charge in [-0.1, -0.05) is 17.7 Å². The van der Waals surface area contributed by atoms with E-state index in [-0.39, 0.29) is 12.4 Å². The molecule has 6 nitrogen and oxygen atoms in total. The van der Waals surface area contributed by atoms with Gasteiger partial charge >= 0.3 is 0 Å². The van der Waals surface area contributed by atoms with Crippen molar-refractivity contribution in [1.82, 2.24) is 5.43 Å². The number of amides is 1. The number of nitrogens with zero attached hydrogens (tertiary/aromatic N) is 1. The van der Waals surface area contributed by atoms with E-state index in [0.29, 0.717) is 25.7 Å². The molecule has 2 rings (SSSR count). The summed E-state index contributed by atoms with van der Waals surface area (Å²) in [6.07, 6.45) is 1.45. The second-order valence-corrected chi connectivity index (χ2v) is 6.19. The summed E-state index contributed by atoms with van der Waals surface area (Å²) in [6, 6.07) is 10.1. The van der Waals surface area contributed by atoms with Gasteiger partial charge in [0.1, 0.15) is 5.75 Å². The van der Waals surface area contributed by atoms with E-state index in [2.05, 4.69) is 10.5 Å². The average Bonchev–Trinajstić information content (AvgIpc) is 2.56. The third kappa shape index (κ3) is 5.27. The third-order valence-electron chi connectivity index (χ3n) is 2.84. The van der Waals surface area contributed by atoms with Crippen LogP contribution in [0.15, 0.2) is 41.5 Å². The van der Waals surface area contributed by atoms with Crippen molar-refractivity contribution in [1.29, 1.82) is 0 Å². The van der Waals surface area contributed by atoms with E-state index >= 15 is 0 Å². The predicted molar refractivity (Wildman–Crippen MR) is 100 cm³/mol. The Morgan fingerprint density at radius 2 is 2.21 bits per heavy atom. The van der Waals surface area contributed by atoms with Crippen molar-refractivity contribution < 1.29 is 19.4 Å². The minimum absolute atomic E-state index is 0.0641. The summed E-state index contributed by atoms with van der Waals surface area (Å²) in [4.78, 5) is 11.7. The van der Waals surface area contributed by atoms with Crippen molar-refractivity contribution in [3.05, 3.63) is 50.6 Å². The van der Waals surface area contributed by atoms with Gasteiger partial charge in [0, 0.05) is 5.02 Å². The highest BCUT2D eigenvalue weighted by Gasteiger charge is 2.07. The molecule has 0 spiro atoms. The van der Waals surface area contributed by atoms with Gasteiger partial charge in [-0.05, 0) is 58.5 Å². The molecule has 0 bridgehead atoms. The maximum absolute atomic E-state index is 11.7. The number of carbonyl (C=O) groups excluding carboxylic acids is 1. The zero-order valence-electron chi connectivity index (χ0n) is 12.6. The van der Waals surface area contributed by atoms with Crippen LogP contribution in [0.5, 0.6) is 17.2 Å². The van der Waals surface area contributed by atoms with Crippen LogP contribution in [0, 0.1) is 3.57 Å². The number of carbonyl (C=O) groups is 1. The zero-order valence-corrected chi connectivity index (χ0v) is 15.5. The van der Waals surface area contributed by atoms with Crippen LogP contribution in [0.3, 0.4) is 0 Å². The number of phenolic OH excluding ortho intramolecular Hbond substituents is 1. The van der Waals surface area contributed by atoms with Gasteiger partial charge in [-0.2, -0.15) is 5.10 Å². The van der Waals surface area contributed by atoms with Crippen LogP contribution in [0.4, 0.5) is 0 Å². The number of hydrazone groups is 1. The van der Waals surface area contributed by atoms with Crippen LogP contribution in [0.2, 0.25) is 5.02 Å². The van der Waals surface area contributed by atoms with E-state index in [1.54, 1.807) is 36.4 Å². The lowest BCUT2D eigenvalue weighted by molar-refractivity contribution is -0.123. The van der Waals surface area contributed by atoms with Gasteiger partial charge in [-0.15, -0.1) is 0 Å². The number of methoxy groups -OCH3 is 1. The summed E-state index contributed by atoms with van der Waals surface area (Å²) < 4.78 is 11.0. The van der Waals surface area contributed by atoms with Gasteiger partial charge in [-0.25, -0.2) is 5.43 Å². The SMILES string of the molecule is COc1cc(C=NNC(=O)COc2cccc(Cl)c2)cc(I)c1O. The number of nitrogens with one attached hydrogen (secondary N) is 1. The normalized spacial score (nSPS) is 10.6. The minimum atomic E-state index is -0.410. The molecule has 2 aromatic carbocycles. The lowest BCUT2D eigenvalue weighted by atomic mass is 10.2. The fourth-order valence-corrected chi connectivity index (χ4v) is 2.55. The number of phenols is 1. The van der Waals surface area contributed by atoms with Crippen molar-refractivity contribution in [3.63, 3.8) is 0 Å². The number of halogens is 2. The van der Waals surface area contributed by atoms with Crippen molar-refractivity contribution in [2.24, 2.45) is 5.10 Å². The monoisotopic (exact) mass is 460 g/mol. The molecule has 126 valence electrons. The zero-order chi connectivity index (χ0) is 17.5. The molecule has 0 aliphatic heterocycles. The fraction of sp³-hybridized carbons (Fsp3) is 0.125. The Hall–Kier alpha value is -2.00. The summed E-state index contributed by atoms with van der Waals surface area (Å²) in [5, 5.41) is 14.1. The largest absolute Gasteiger partial charge is 0.504 e. The Morgan fingerprint density at radius 1 is 1.42 bits per heavy atom. The Labute approximate surface area is 157 Å². The van der Waals surface area contributed by atoms with Crippen LogP contribution in [-0.4, -0.2) is 30.9 Å². The van der Waals surface area contributed by atoms with Crippen molar-refractivity contribution in [2.45, 2.75) is 0 Å². The standard InChI is InChI=1S/C16H14ClIN2O4/c1-23-14-6-10(5-13(18)16(14)22)8-19-20-15(21)9-24-12-4-2-3-11(17)7-12/h2-8,22H,9H2,1H3,(H,20,21). The Morgan fingerprint density at radius 3 is 2.92 bits per heavy atom. The second kappa shape index (κ2) is 8.74. The minimum Gasteiger partial charge on any atom is -0.504 e. The molecule has 2 N–H and O–H groups in total. The third-order valence-corrected chi connectivity index (χ3v) is 3.90. The highest BCUT2D eigenvalue weighted by Crippen LogP contribution is 2.31. The van der Waals surface area contributed by atoms with E-state index in [1.807, 2.05) is 22.6 Å². The summed E-state index contributed by atoms with van der Waals surface area (Å²) in [7, 11) is 1.46. The van der Waals surface area contributed by atoms with E-state index in [4.69, 9.17) is 21.1 Å². The van der Waals surface area contributed by atoms with Gasteiger partial charge < -0.3 is 14.6 Å². The molecule has 0 heterocycles. The lowest BCUT2D eigenvalue weighted by Gasteiger charge is -2.06. The van der Waals surface area contributed by atoms with Crippen molar-refractivity contribution in [2.75, 3.05) is 13.7 Å². The lowest BCUT2D eigenvalue weighted by Crippen LogP contribution is -2.24. The highest BCUT2D eigenvalue weighted by atomic mass is 127. The van der Waals surface area contributed by atoms with E-state index in [9.17, 15) is 9.90 Å². The molecule has 0 radical (unpaired) electrons. The molecule has 0 aliphatic rings. The van der Waals surface area contributed by atoms with Crippen molar-refractivity contribution in [3.8, 4) is 17.2 Å². The molecule has 1 amide bonds. The van der Waals surface area contributed by atoms with Crippen LogP contribution >= 0.6 is 34.2 Å². The molecule has 0 aliphatic carbocycles. The first-order valence-electron chi connectivity index (χ1n) is 6.76. The molecule has 0 saturated heterocycles. The average molecular weight is 461 g/mol. The number of aromatic hydroxyl groups is 1. The van der Waals surface area contributed by atoms with E-state index in [1.165, 1.54) is 13.3 Å². The molecule has 0 atom stereocenters. The maximum Gasteiger partial charge on any atom is 0.277 e. The first kappa shape index (κ1) is 18.3. The first-order chi connectivity index (χ1) is 11.5.